The van der Waals surface area contributed by atoms with Crippen LogP contribution in [-0.2, 0) is 32.6 Å². The molecule has 50 heavy (non-hydrogen) atoms. The number of aryl methyl sites for hydroxylation is 5. The molecule has 0 atom stereocenters. The predicted molar refractivity (Wildman–Crippen MR) is 195 cm³/mol. The first kappa shape index (κ1) is 36.1. The Morgan fingerprint density at radius 2 is 1.74 bits per heavy atom. The van der Waals surface area contributed by atoms with Gasteiger partial charge in [-0.1, -0.05) is 24.6 Å². The van der Waals surface area contributed by atoms with Gasteiger partial charge in [-0.2, -0.15) is 10.2 Å². The summed E-state index contributed by atoms with van der Waals surface area (Å²) in [5.41, 5.74) is 12.7. The first-order valence-corrected chi connectivity index (χ1v) is 17.3. The minimum absolute atomic E-state index is 0.275. The number of amides is 1. The lowest BCUT2D eigenvalue weighted by Gasteiger charge is -2.20. The van der Waals surface area contributed by atoms with Crippen LogP contribution in [0.1, 0.15) is 82.5 Å². The van der Waals surface area contributed by atoms with Gasteiger partial charge in [0.2, 0.25) is 5.95 Å². The van der Waals surface area contributed by atoms with Crippen LogP contribution in [0.5, 0.6) is 5.75 Å². The van der Waals surface area contributed by atoms with E-state index in [2.05, 4.69) is 37.1 Å². The normalized spacial score (nSPS) is 11.3. The number of ether oxygens (including phenoxy) is 1. The van der Waals surface area contributed by atoms with Crippen molar-refractivity contribution in [2.24, 2.45) is 5.73 Å². The molecule has 266 valence electrons. The summed E-state index contributed by atoms with van der Waals surface area (Å²) in [5.74, 6) is 0.0710. The maximum Gasteiger partial charge on any atom is 0.354 e. The van der Waals surface area contributed by atoms with E-state index in [4.69, 9.17) is 15.5 Å². The van der Waals surface area contributed by atoms with Crippen molar-refractivity contribution in [3.8, 4) is 5.75 Å². The number of aromatic carboxylic acids is 1. The highest BCUT2D eigenvalue weighted by atomic mass is 16.5. The van der Waals surface area contributed by atoms with E-state index in [1.165, 1.54) is 0 Å². The second-order valence-electron chi connectivity index (χ2n) is 12.6. The number of nitrogens with zero attached hydrogens (tertiary/aromatic N) is 7. The van der Waals surface area contributed by atoms with Crippen molar-refractivity contribution >= 4 is 34.5 Å². The van der Waals surface area contributed by atoms with Crippen LogP contribution in [0.2, 0.25) is 0 Å². The number of nitrogens with one attached hydrogen (secondary N) is 1. The van der Waals surface area contributed by atoms with Gasteiger partial charge in [-0.05, 0) is 95.3 Å². The summed E-state index contributed by atoms with van der Waals surface area (Å²) in [6.07, 6.45) is 4.78. The minimum Gasteiger partial charge on any atom is -0.497 e. The molecule has 0 bridgehead atoms. The molecule has 0 saturated heterocycles. The third-order valence-electron chi connectivity index (χ3n) is 8.99. The van der Waals surface area contributed by atoms with Gasteiger partial charge in [-0.3, -0.25) is 19.5 Å². The van der Waals surface area contributed by atoms with Crippen LogP contribution in [0.4, 0.5) is 11.6 Å². The van der Waals surface area contributed by atoms with Gasteiger partial charge >= 0.3 is 5.97 Å². The number of rotatable bonds is 18. The van der Waals surface area contributed by atoms with E-state index in [-0.39, 0.29) is 11.6 Å². The standard InChI is InChI=1S/C37H49N9O4/c1-6-45-34(36(48)49)29(26(3)42-45)13-8-7-10-22-46-32(23-25(2)41-46)35(47)40-37-39-33-30(14-12-15-31(33)44(37)21-11-9-20-38)43(4)24-27-16-18-28(50-5)19-17-27/h12,14-19,23H,6-11,13,20-22,24,38H2,1-5H3,(H,48,49)(H,39,40,47). The molecule has 5 aromatic rings. The average Bonchev–Trinajstić information content (AvgIpc) is 3.76. The molecule has 0 spiro atoms. The molecule has 0 aliphatic heterocycles. The number of carbonyl (C=O) groups is 2. The number of benzene rings is 2. The SMILES string of the molecule is CCn1nc(C)c(CCCCCn2nc(C)cc2C(=O)Nc2nc3c(N(C)Cc4ccc(OC)cc4)cccc3n2CCCCN)c1C(=O)O. The van der Waals surface area contributed by atoms with E-state index in [9.17, 15) is 14.7 Å². The lowest BCUT2D eigenvalue weighted by molar-refractivity contribution is 0.0682. The van der Waals surface area contributed by atoms with Gasteiger partial charge in [0.25, 0.3) is 5.91 Å². The molecular formula is C37H49N9O4. The lowest BCUT2D eigenvalue weighted by Crippen LogP contribution is -2.20. The third-order valence-corrected chi connectivity index (χ3v) is 8.99. The molecule has 13 nitrogen and oxygen atoms in total. The van der Waals surface area contributed by atoms with Gasteiger partial charge in [-0.25, -0.2) is 9.78 Å². The zero-order chi connectivity index (χ0) is 35.8. The van der Waals surface area contributed by atoms with Crippen LogP contribution in [0.3, 0.4) is 0 Å². The Labute approximate surface area is 293 Å². The molecule has 1 amide bonds. The van der Waals surface area contributed by atoms with Crippen LogP contribution < -0.4 is 20.7 Å². The van der Waals surface area contributed by atoms with Crippen molar-refractivity contribution in [3.05, 3.63) is 82.4 Å². The number of fused-ring (bicyclic) bond motifs is 1. The van der Waals surface area contributed by atoms with Crippen molar-refractivity contribution in [1.82, 2.24) is 29.1 Å². The van der Waals surface area contributed by atoms with Crippen LogP contribution >= 0.6 is 0 Å². The van der Waals surface area contributed by atoms with Crippen molar-refractivity contribution in [3.63, 3.8) is 0 Å². The maximum absolute atomic E-state index is 13.8. The van der Waals surface area contributed by atoms with Gasteiger partial charge in [0, 0.05) is 38.8 Å². The molecule has 0 unspecified atom stereocenters. The van der Waals surface area contributed by atoms with Gasteiger partial charge in [0.05, 0.1) is 29.7 Å². The summed E-state index contributed by atoms with van der Waals surface area (Å²) >= 11 is 0. The molecule has 13 heteroatoms. The van der Waals surface area contributed by atoms with Gasteiger partial charge in [-0.15, -0.1) is 0 Å². The van der Waals surface area contributed by atoms with E-state index >= 15 is 0 Å². The van der Waals surface area contributed by atoms with Crippen LogP contribution in [0.15, 0.2) is 48.5 Å². The number of carboxylic acid groups (broad SMARTS) is 1. The monoisotopic (exact) mass is 683 g/mol. The summed E-state index contributed by atoms with van der Waals surface area (Å²) in [6, 6.07) is 15.9. The number of carboxylic acids is 1. The smallest absolute Gasteiger partial charge is 0.354 e. The lowest BCUT2D eigenvalue weighted by atomic mass is 10.0. The first-order valence-electron chi connectivity index (χ1n) is 17.3. The fourth-order valence-corrected chi connectivity index (χ4v) is 6.46. The van der Waals surface area contributed by atoms with E-state index in [0.717, 1.165) is 77.1 Å². The second kappa shape index (κ2) is 16.5. The molecule has 3 aromatic heterocycles. The van der Waals surface area contributed by atoms with E-state index < -0.39 is 5.97 Å². The van der Waals surface area contributed by atoms with Gasteiger partial charge in [0.1, 0.15) is 22.7 Å². The van der Waals surface area contributed by atoms with Crippen molar-refractivity contribution < 1.29 is 19.4 Å². The first-order chi connectivity index (χ1) is 24.1. The van der Waals surface area contributed by atoms with Gasteiger partial charge < -0.3 is 25.0 Å². The number of carbonyl (C=O) groups excluding carboxylic acids is 1. The number of methoxy groups -OCH3 is 1. The molecule has 0 fully saturated rings. The molecule has 0 radical (unpaired) electrons. The zero-order valence-electron chi connectivity index (χ0n) is 29.8. The highest BCUT2D eigenvalue weighted by Gasteiger charge is 2.22. The Hall–Kier alpha value is -5.17. The maximum atomic E-state index is 13.8. The Bertz CT molecular complexity index is 1920. The average molecular weight is 684 g/mol. The van der Waals surface area contributed by atoms with Crippen molar-refractivity contribution in [2.75, 3.05) is 30.9 Å². The summed E-state index contributed by atoms with van der Waals surface area (Å²) in [4.78, 5) is 32.8. The van der Waals surface area contributed by atoms with Crippen LogP contribution in [0.25, 0.3) is 11.0 Å². The predicted octanol–water partition coefficient (Wildman–Crippen LogP) is 5.81. The molecule has 0 saturated carbocycles. The number of hydrogen-bond donors (Lipinski definition) is 3. The highest BCUT2D eigenvalue weighted by Crippen LogP contribution is 2.30. The third kappa shape index (κ3) is 8.16. The van der Waals surface area contributed by atoms with Gasteiger partial charge in [0.15, 0.2) is 0 Å². The molecule has 0 aliphatic rings. The van der Waals surface area contributed by atoms with Crippen molar-refractivity contribution in [2.45, 2.75) is 85.5 Å². The molecular weight excluding hydrogens is 634 g/mol. The Balaban J connectivity index is 1.30. The fraction of sp³-hybridized carbons (Fsp3) is 0.432. The van der Waals surface area contributed by atoms with E-state index in [1.807, 2.05) is 58.2 Å². The van der Waals surface area contributed by atoms with Crippen molar-refractivity contribution in [1.29, 1.82) is 0 Å². The minimum atomic E-state index is -0.949. The fourth-order valence-electron chi connectivity index (χ4n) is 6.46. The highest BCUT2D eigenvalue weighted by molar-refractivity contribution is 6.03. The second-order valence-corrected chi connectivity index (χ2v) is 12.6. The number of hydrogen-bond acceptors (Lipinski definition) is 8. The summed E-state index contributed by atoms with van der Waals surface area (Å²) in [7, 11) is 3.70. The number of nitrogens with two attached hydrogens (primary N) is 1. The topological polar surface area (TPSA) is 158 Å². The molecule has 0 aliphatic carbocycles. The Kier molecular flexibility index (Phi) is 11.9. The summed E-state index contributed by atoms with van der Waals surface area (Å²) < 4.78 is 10.7. The van der Waals surface area contributed by atoms with E-state index in [1.54, 1.807) is 22.5 Å². The number of aromatic nitrogens is 6. The summed E-state index contributed by atoms with van der Waals surface area (Å²) in [5, 5.41) is 21.8. The molecule has 5 rings (SSSR count). The van der Waals surface area contributed by atoms with E-state index in [0.29, 0.717) is 50.8 Å². The number of imidazole rings is 1. The number of unbranched alkanes of at least 4 members (excludes halogenated alkanes) is 3. The number of para-hydroxylation sites is 1. The zero-order valence-corrected chi connectivity index (χ0v) is 29.8. The summed E-state index contributed by atoms with van der Waals surface area (Å²) in [6.45, 7) is 8.62. The Morgan fingerprint density at radius 3 is 2.44 bits per heavy atom. The van der Waals surface area contributed by atoms with Crippen LogP contribution in [-0.4, -0.2) is 66.8 Å². The molecule has 3 heterocycles. The quantitative estimate of drug-likeness (QED) is 0.0969. The molecule has 4 N–H and O–H groups in total. The number of anilines is 2. The van der Waals surface area contributed by atoms with Crippen LogP contribution in [0, 0.1) is 13.8 Å². The molecule has 2 aromatic carbocycles. The largest absolute Gasteiger partial charge is 0.497 e. The Morgan fingerprint density at radius 1 is 0.980 bits per heavy atom.